The first-order valence-corrected chi connectivity index (χ1v) is 8.34. The zero-order valence-electron chi connectivity index (χ0n) is 15.1. The van der Waals surface area contributed by atoms with Crippen LogP contribution in [0.25, 0.3) is 0 Å². The number of aromatic amines is 1. The van der Waals surface area contributed by atoms with E-state index in [1.807, 2.05) is 25.1 Å². The summed E-state index contributed by atoms with van der Waals surface area (Å²) >= 11 is 0. The largest absolute Gasteiger partial charge is 0.493 e. The summed E-state index contributed by atoms with van der Waals surface area (Å²) in [6, 6.07) is 6.61. The standard InChI is InChI=1S/C18H25N3O4/c1-5-6-9-25-15-8-7-13(10-16(15)24-4)12(2)19-18(23)14-11-17(22)20-21(14)3/h7-8,10-12H,5-6,9H2,1-4H3,(H,19,23)(H,20,22). The van der Waals surface area contributed by atoms with E-state index in [4.69, 9.17) is 9.47 Å². The molecule has 0 aliphatic rings. The van der Waals surface area contributed by atoms with Crippen molar-refractivity contribution in [2.24, 2.45) is 7.05 Å². The molecule has 7 nitrogen and oxygen atoms in total. The minimum absolute atomic E-state index is 0.254. The van der Waals surface area contributed by atoms with Gasteiger partial charge in [0.25, 0.3) is 11.5 Å². The fraction of sp³-hybridized carbons (Fsp3) is 0.444. The summed E-state index contributed by atoms with van der Waals surface area (Å²) in [5, 5.41) is 5.39. The average Bonchev–Trinajstić information content (AvgIpc) is 2.93. The number of methoxy groups -OCH3 is 1. The molecule has 0 aliphatic heterocycles. The van der Waals surface area contributed by atoms with Crippen LogP contribution < -0.4 is 20.3 Å². The molecule has 0 fully saturated rings. The number of aromatic nitrogens is 2. The Morgan fingerprint density at radius 2 is 2.08 bits per heavy atom. The maximum absolute atomic E-state index is 12.3. The van der Waals surface area contributed by atoms with E-state index in [2.05, 4.69) is 17.3 Å². The van der Waals surface area contributed by atoms with Crippen LogP contribution in [-0.4, -0.2) is 29.4 Å². The van der Waals surface area contributed by atoms with Crippen LogP contribution in [0.2, 0.25) is 0 Å². The Kier molecular flexibility index (Phi) is 6.27. The highest BCUT2D eigenvalue weighted by molar-refractivity contribution is 5.92. The van der Waals surface area contributed by atoms with Crippen molar-refractivity contribution in [1.29, 1.82) is 0 Å². The van der Waals surface area contributed by atoms with Gasteiger partial charge in [0, 0.05) is 13.1 Å². The number of H-pyrrole nitrogens is 1. The van der Waals surface area contributed by atoms with Crippen LogP contribution in [0.1, 0.15) is 48.8 Å². The van der Waals surface area contributed by atoms with Crippen molar-refractivity contribution in [1.82, 2.24) is 15.1 Å². The van der Waals surface area contributed by atoms with Gasteiger partial charge in [0.2, 0.25) is 0 Å². The van der Waals surface area contributed by atoms with Crippen molar-refractivity contribution in [3.8, 4) is 11.5 Å². The number of hydrogen-bond acceptors (Lipinski definition) is 4. The molecule has 25 heavy (non-hydrogen) atoms. The maximum Gasteiger partial charge on any atom is 0.270 e. The number of rotatable bonds is 8. The van der Waals surface area contributed by atoms with Crippen LogP contribution >= 0.6 is 0 Å². The topological polar surface area (TPSA) is 85.4 Å². The molecule has 1 unspecified atom stereocenters. The first-order chi connectivity index (χ1) is 12.0. The quantitative estimate of drug-likeness (QED) is 0.718. The van der Waals surface area contributed by atoms with Crippen molar-refractivity contribution in [2.75, 3.05) is 13.7 Å². The van der Waals surface area contributed by atoms with Crippen molar-refractivity contribution in [2.45, 2.75) is 32.7 Å². The number of hydrogen-bond donors (Lipinski definition) is 2. The SMILES string of the molecule is CCCCOc1ccc(C(C)NC(=O)c2cc(=O)[nH]n2C)cc1OC. The number of carbonyl (C=O) groups is 1. The fourth-order valence-corrected chi connectivity index (χ4v) is 2.45. The second-order valence-corrected chi connectivity index (χ2v) is 5.87. The summed E-state index contributed by atoms with van der Waals surface area (Å²) in [6.07, 6.45) is 2.04. The molecule has 1 atom stereocenters. The van der Waals surface area contributed by atoms with Gasteiger partial charge >= 0.3 is 0 Å². The summed E-state index contributed by atoms with van der Waals surface area (Å²) in [5.74, 6) is 0.991. The molecule has 0 bridgehead atoms. The Bertz CT molecular complexity index is 779. The Morgan fingerprint density at radius 1 is 1.32 bits per heavy atom. The molecule has 2 N–H and O–H groups in total. The van der Waals surface area contributed by atoms with Gasteiger partial charge in [-0.15, -0.1) is 0 Å². The lowest BCUT2D eigenvalue weighted by Crippen LogP contribution is -2.28. The highest BCUT2D eigenvalue weighted by Crippen LogP contribution is 2.30. The molecule has 0 saturated heterocycles. The number of nitrogens with one attached hydrogen (secondary N) is 2. The third-order valence-electron chi connectivity index (χ3n) is 3.93. The summed E-state index contributed by atoms with van der Waals surface area (Å²) in [4.78, 5) is 23.6. The highest BCUT2D eigenvalue weighted by atomic mass is 16.5. The second-order valence-electron chi connectivity index (χ2n) is 5.87. The smallest absolute Gasteiger partial charge is 0.270 e. The summed E-state index contributed by atoms with van der Waals surface area (Å²) in [7, 11) is 3.21. The highest BCUT2D eigenvalue weighted by Gasteiger charge is 2.16. The van der Waals surface area contributed by atoms with E-state index < -0.39 is 0 Å². The minimum atomic E-state index is -0.324. The molecule has 2 aromatic rings. The molecule has 1 amide bonds. The molecule has 0 aliphatic carbocycles. The van der Waals surface area contributed by atoms with Crippen molar-refractivity contribution < 1.29 is 14.3 Å². The van der Waals surface area contributed by atoms with Crippen LogP contribution in [-0.2, 0) is 7.05 Å². The monoisotopic (exact) mass is 347 g/mol. The molecule has 1 aromatic heterocycles. The predicted octanol–water partition coefficient (Wildman–Crippen LogP) is 2.39. The molecule has 1 heterocycles. The summed E-state index contributed by atoms with van der Waals surface area (Å²) in [5.41, 5.74) is 0.854. The summed E-state index contributed by atoms with van der Waals surface area (Å²) < 4.78 is 12.5. The molecule has 0 saturated carbocycles. The Labute approximate surface area is 146 Å². The van der Waals surface area contributed by atoms with Crippen LogP contribution in [0.4, 0.5) is 0 Å². The van der Waals surface area contributed by atoms with Crippen LogP contribution in [0.5, 0.6) is 11.5 Å². The predicted molar refractivity (Wildman–Crippen MR) is 95.3 cm³/mol. The average molecular weight is 347 g/mol. The molecule has 0 radical (unpaired) electrons. The third-order valence-corrected chi connectivity index (χ3v) is 3.93. The van der Waals surface area contributed by atoms with Gasteiger partial charge in [-0.2, -0.15) is 0 Å². The Morgan fingerprint density at radius 3 is 2.68 bits per heavy atom. The Hall–Kier alpha value is -2.70. The van der Waals surface area contributed by atoms with Gasteiger partial charge < -0.3 is 14.8 Å². The van der Waals surface area contributed by atoms with Crippen molar-refractivity contribution >= 4 is 5.91 Å². The van der Waals surface area contributed by atoms with E-state index in [1.165, 1.54) is 10.7 Å². The summed E-state index contributed by atoms with van der Waals surface area (Å²) in [6.45, 7) is 4.61. The molecule has 0 spiro atoms. The lowest BCUT2D eigenvalue weighted by Gasteiger charge is -2.17. The molecular weight excluding hydrogens is 322 g/mol. The Balaban J connectivity index is 2.10. The fourth-order valence-electron chi connectivity index (χ4n) is 2.45. The second kappa shape index (κ2) is 8.41. The maximum atomic E-state index is 12.3. The van der Waals surface area contributed by atoms with Gasteiger partial charge in [-0.1, -0.05) is 19.4 Å². The van der Waals surface area contributed by atoms with Gasteiger partial charge in [-0.25, -0.2) is 0 Å². The zero-order chi connectivity index (χ0) is 18.4. The van der Waals surface area contributed by atoms with E-state index >= 15 is 0 Å². The first-order valence-electron chi connectivity index (χ1n) is 8.34. The molecule has 1 aromatic carbocycles. The number of aryl methyl sites for hydroxylation is 1. The van der Waals surface area contributed by atoms with Gasteiger partial charge in [-0.3, -0.25) is 19.4 Å². The van der Waals surface area contributed by atoms with Gasteiger partial charge in [0.05, 0.1) is 19.8 Å². The molecule has 2 rings (SSSR count). The lowest BCUT2D eigenvalue weighted by atomic mass is 10.1. The molecule has 7 heteroatoms. The minimum Gasteiger partial charge on any atom is -0.493 e. The van der Waals surface area contributed by atoms with Crippen LogP contribution in [0, 0.1) is 0 Å². The third kappa shape index (κ3) is 4.65. The number of nitrogens with zero attached hydrogens (tertiary/aromatic N) is 1. The van der Waals surface area contributed by atoms with E-state index in [0.29, 0.717) is 18.1 Å². The van der Waals surface area contributed by atoms with E-state index in [9.17, 15) is 9.59 Å². The zero-order valence-corrected chi connectivity index (χ0v) is 15.1. The molecule has 136 valence electrons. The number of amides is 1. The molecular formula is C18H25N3O4. The van der Waals surface area contributed by atoms with E-state index in [-0.39, 0.29) is 23.2 Å². The van der Waals surface area contributed by atoms with Crippen LogP contribution in [0.3, 0.4) is 0 Å². The number of unbranched alkanes of at least 4 members (excludes halogenated alkanes) is 1. The number of ether oxygens (including phenoxy) is 2. The van der Waals surface area contributed by atoms with Gasteiger partial charge in [-0.05, 0) is 31.0 Å². The van der Waals surface area contributed by atoms with Crippen molar-refractivity contribution in [3.05, 3.63) is 45.9 Å². The first kappa shape index (κ1) is 18.6. The van der Waals surface area contributed by atoms with Crippen LogP contribution in [0.15, 0.2) is 29.1 Å². The number of benzene rings is 1. The van der Waals surface area contributed by atoms with E-state index in [1.54, 1.807) is 14.2 Å². The normalized spacial score (nSPS) is 11.8. The van der Waals surface area contributed by atoms with Gasteiger partial charge in [0.15, 0.2) is 11.5 Å². The van der Waals surface area contributed by atoms with Gasteiger partial charge in [0.1, 0.15) is 5.69 Å². The lowest BCUT2D eigenvalue weighted by molar-refractivity contribution is 0.0930. The van der Waals surface area contributed by atoms with Crippen molar-refractivity contribution in [3.63, 3.8) is 0 Å². The van der Waals surface area contributed by atoms with E-state index in [0.717, 1.165) is 18.4 Å². The number of carbonyl (C=O) groups excluding carboxylic acids is 1.